The molecule has 1 aliphatic heterocycles. The standard InChI is InChI=1S/C23H25N3O3/c1-4-19-18(17-12-8-9-13-20(17)29-19)14-25(3)15-26-21(27)23(2,24-22(26)28)16-10-6-5-7-11-16/h5-13H,4,14-15H2,1-3H3,(H,24,28)/t23-/m1/s1. The molecule has 0 bridgehead atoms. The van der Waals surface area contributed by atoms with E-state index in [2.05, 4.69) is 12.2 Å². The summed E-state index contributed by atoms with van der Waals surface area (Å²) in [5.41, 5.74) is 1.69. The highest BCUT2D eigenvalue weighted by Crippen LogP contribution is 2.30. The average molecular weight is 391 g/mol. The predicted octanol–water partition coefficient (Wildman–Crippen LogP) is 3.85. The lowest BCUT2D eigenvalue weighted by Crippen LogP contribution is -2.42. The highest BCUT2D eigenvalue weighted by atomic mass is 16.3. The Hall–Kier alpha value is -3.12. The highest BCUT2D eigenvalue weighted by Gasteiger charge is 2.49. The molecule has 0 aliphatic carbocycles. The summed E-state index contributed by atoms with van der Waals surface area (Å²) in [5, 5.41) is 3.93. The summed E-state index contributed by atoms with van der Waals surface area (Å²) >= 11 is 0. The number of para-hydroxylation sites is 1. The van der Waals surface area contributed by atoms with Crippen LogP contribution in [-0.2, 0) is 23.3 Å². The maximum Gasteiger partial charge on any atom is 0.326 e. The molecule has 1 saturated heterocycles. The molecular formula is C23H25N3O3. The number of nitrogens with one attached hydrogen (secondary N) is 1. The molecule has 3 amide bonds. The molecule has 29 heavy (non-hydrogen) atoms. The van der Waals surface area contributed by atoms with Crippen LogP contribution in [0.3, 0.4) is 0 Å². The number of fused-ring (bicyclic) bond motifs is 1. The largest absolute Gasteiger partial charge is 0.461 e. The first-order valence-electron chi connectivity index (χ1n) is 9.81. The Labute approximate surface area is 170 Å². The zero-order valence-corrected chi connectivity index (χ0v) is 16.9. The molecule has 0 unspecified atom stereocenters. The molecule has 1 fully saturated rings. The lowest BCUT2D eigenvalue weighted by atomic mass is 9.92. The average Bonchev–Trinajstić information content (AvgIpc) is 3.19. The molecular weight excluding hydrogens is 366 g/mol. The number of imide groups is 1. The van der Waals surface area contributed by atoms with Crippen molar-refractivity contribution in [2.75, 3.05) is 13.7 Å². The molecule has 6 nitrogen and oxygen atoms in total. The van der Waals surface area contributed by atoms with Crippen LogP contribution in [0.2, 0.25) is 0 Å². The predicted molar refractivity (Wildman–Crippen MR) is 111 cm³/mol. The fourth-order valence-electron chi connectivity index (χ4n) is 3.96. The van der Waals surface area contributed by atoms with Crippen molar-refractivity contribution in [3.8, 4) is 0 Å². The third kappa shape index (κ3) is 3.29. The first-order chi connectivity index (χ1) is 13.9. The normalized spacial score (nSPS) is 19.4. The molecule has 4 rings (SSSR count). The van der Waals surface area contributed by atoms with Crippen LogP contribution in [-0.4, -0.2) is 35.5 Å². The van der Waals surface area contributed by atoms with E-state index in [9.17, 15) is 9.59 Å². The topological polar surface area (TPSA) is 65.8 Å². The number of furan rings is 1. The van der Waals surface area contributed by atoms with Gasteiger partial charge >= 0.3 is 6.03 Å². The van der Waals surface area contributed by atoms with Gasteiger partial charge in [-0.3, -0.25) is 9.69 Å². The number of rotatable bonds is 6. The first kappa shape index (κ1) is 19.2. The minimum atomic E-state index is -1.05. The van der Waals surface area contributed by atoms with Crippen LogP contribution in [0, 0.1) is 0 Å². The third-order valence-electron chi connectivity index (χ3n) is 5.54. The Kier molecular flexibility index (Phi) is 4.88. The monoisotopic (exact) mass is 391 g/mol. The van der Waals surface area contributed by atoms with Crippen LogP contribution in [0.25, 0.3) is 11.0 Å². The van der Waals surface area contributed by atoms with Crippen LogP contribution in [0.5, 0.6) is 0 Å². The number of urea groups is 1. The number of aryl methyl sites for hydroxylation is 1. The van der Waals surface area contributed by atoms with Crippen molar-refractivity contribution in [1.29, 1.82) is 0 Å². The van der Waals surface area contributed by atoms with Gasteiger partial charge in [-0.1, -0.05) is 55.5 Å². The minimum Gasteiger partial charge on any atom is -0.461 e. The zero-order valence-electron chi connectivity index (χ0n) is 16.9. The van der Waals surface area contributed by atoms with Gasteiger partial charge in [-0.2, -0.15) is 0 Å². The van der Waals surface area contributed by atoms with Crippen molar-refractivity contribution in [3.63, 3.8) is 0 Å². The maximum atomic E-state index is 13.1. The van der Waals surface area contributed by atoms with E-state index in [1.54, 1.807) is 6.92 Å². The second-order valence-corrected chi connectivity index (χ2v) is 7.66. The maximum absolute atomic E-state index is 13.1. The molecule has 0 saturated carbocycles. The van der Waals surface area contributed by atoms with Crippen LogP contribution < -0.4 is 5.32 Å². The molecule has 2 aromatic carbocycles. The van der Waals surface area contributed by atoms with Gasteiger partial charge < -0.3 is 9.73 Å². The third-order valence-corrected chi connectivity index (χ3v) is 5.54. The summed E-state index contributed by atoms with van der Waals surface area (Å²) in [5.74, 6) is 0.692. The van der Waals surface area contributed by atoms with Gasteiger partial charge in [-0.05, 0) is 25.6 Å². The molecule has 0 spiro atoms. The summed E-state index contributed by atoms with van der Waals surface area (Å²) in [6.45, 7) is 4.60. The SMILES string of the molecule is CCc1oc2ccccc2c1CN(C)CN1C(=O)N[C@](C)(c2ccccc2)C1=O. The molecule has 6 heteroatoms. The van der Waals surface area contributed by atoms with E-state index in [-0.39, 0.29) is 18.6 Å². The van der Waals surface area contributed by atoms with E-state index in [1.165, 1.54) is 4.90 Å². The van der Waals surface area contributed by atoms with E-state index in [4.69, 9.17) is 4.42 Å². The number of hydrogen-bond donors (Lipinski definition) is 1. The van der Waals surface area contributed by atoms with Crippen LogP contribution in [0.15, 0.2) is 59.0 Å². The first-order valence-corrected chi connectivity index (χ1v) is 9.81. The fraction of sp³-hybridized carbons (Fsp3) is 0.304. The van der Waals surface area contributed by atoms with Gasteiger partial charge in [0.15, 0.2) is 0 Å². The lowest BCUT2D eigenvalue weighted by molar-refractivity contribution is -0.132. The molecule has 1 aliphatic rings. The fourth-order valence-corrected chi connectivity index (χ4v) is 3.96. The van der Waals surface area contributed by atoms with Gasteiger partial charge in [-0.25, -0.2) is 9.69 Å². The number of amides is 3. The van der Waals surface area contributed by atoms with Crippen molar-refractivity contribution >= 4 is 22.9 Å². The molecule has 3 aromatic rings. The van der Waals surface area contributed by atoms with E-state index in [0.717, 1.165) is 34.3 Å². The van der Waals surface area contributed by atoms with Crippen LogP contribution >= 0.6 is 0 Å². The number of nitrogens with zero attached hydrogens (tertiary/aromatic N) is 2. The van der Waals surface area contributed by atoms with Crippen LogP contribution in [0.4, 0.5) is 4.79 Å². The molecule has 1 aromatic heterocycles. The Morgan fingerprint density at radius 3 is 2.48 bits per heavy atom. The van der Waals surface area contributed by atoms with Gasteiger partial charge in [-0.15, -0.1) is 0 Å². The zero-order chi connectivity index (χ0) is 20.6. The Morgan fingerprint density at radius 2 is 1.76 bits per heavy atom. The summed E-state index contributed by atoms with van der Waals surface area (Å²) in [6.07, 6.45) is 0.785. The Morgan fingerprint density at radius 1 is 1.07 bits per heavy atom. The number of carbonyl (C=O) groups excluding carboxylic acids is 2. The second kappa shape index (κ2) is 7.37. The van der Waals surface area contributed by atoms with Gasteiger partial charge in [0.1, 0.15) is 16.9 Å². The lowest BCUT2D eigenvalue weighted by Gasteiger charge is -2.24. The van der Waals surface area contributed by atoms with Gasteiger partial charge in [0.25, 0.3) is 5.91 Å². The van der Waals surface area contributed by atoms with Crippen molar-refractivity contribution in [3.05, 3.63) is 71.5 Å². The van der Waals surface area contributed by atoms with Crippen molar-refractivity contribution in [2.24, 2.45) is 0 Å². The summed E-state index contributed by atoms with van der Waals surface area (Å²) in [6, 6.07) is 16.9. The van der Waals surface area contributed by atoms with Crippen LogP contribution in [0.1, 0.15) is 30.7 Å². The molecule has 0 radical (unpaired) electrons. The molecule has 150 valence electrons. The molecule has 2 heterocycles. The molecule has 1 N–H and O–H groups in total. The van der Waals surface area contributed by atoms with Gasteiger partial charge in [0, 0.05) is 23.9 Å². The Bertz CT molecular complexity index is 1060. The van der Waals surface area contributed by atoms with Gasteiger partial charge in [0.05, 0.1) is 6.67 Å². The van der Waals surface area contributed by atoms with E-state index in [0.29, 0.717) is 6.54 Å². The quantitative estimate of drug-likeness (QED) is 0.648. The highest BCUT2D eigenvalue weighted by molar-refractivity contribution is 6.07. The summed E-state index contributed by atoms with van der Waals surface area (Å²) in [7, 11) is 1.90. The molecule has 1 atom stereocenters. The second-order valence-electron chi connectivity index (χ2n) is 7.66. The number of benzene rings is 2. The smallest absolute Gasteiger partial charge is 0.326 e. The van der Waals surface area contributed by atoms with E-state index < -0.39 is 5.54 Å². The minimum absolute atomic E-state index is 0.204. The number of carbonyl (C=O) groups is 2. The van der Waals surface area contributed by atoms with Gasteiger partial charge in [0.2, 0.25) is 0 Å². The summed E-state index contributed by atoms with van der Waals surface area (Å²) in [4.78, 5) is 28.9. The Balaban J connectivity index is 1.54. The van der Waals surface area contributed by atoms with Crippen molar-refractivity contribution < 1.29 is 14.0 Å². The number of hydrogen-bond acceptors (Lipinski definition) is 4. The summed E-state index contributed by atoms with van der Waals surface area (Å²) < 4.78 is 5.97. The van der Waals surface area contributed by atoms with E-state index in [1.807, 2.05) is 66.5 Å². The van der Waals surface area contributed by atoms with E-state index >= 15 is 0 Å². The van der Waals surface area contributed by atoms with Crippen molar-refractivity contribution in [1.82, 2.24) is 15.1 Å². The van der Waals surface area contributed by atoms with Crippen molar-refractivity contribution in [2.45, 2.75) is 32.4 Å².